The van der Waals surface area contributed by atoms with Gasteiger partial charge in [-0.05, 0) is 30.5 Å². The molecule has 1 saturated heterocycles. The fourth-order valence-corrected chi connectivity index (χ4v) is 4.28. The van der Waals surface area contributed by atoms with Gasteiger partial charge in [0, 0.05) is 49.2 Å². The van der Waals surface area contributed by atoms with Crippen LogP contribution >= 0.6 is 11.6 Å². The molecule has 2 aliphatic rings. The summed E-state index contributed by atoms with van der Waals surface area (Å²) >= 11 is 6.60. The van der Waals surface area contributed by atoms with Crippen molar-refractivity contribution in [3.63, 3.8) is 0 Å². The first-order valence-corrected chi connectivity index (χ1v) is 9.63. The molecule has 0 saturated carbocycles. The molecule has 7 nitrogen and oxygen atoms in total. The summed E-state index contributed by atoms with van der Waals surface area (Å²) in [5, 5.41) is 19.7. The molecule has 8 heteroatoms. The van der Waals surface area contributed by atoms with Crippen LogP contribution in [-0.4, -0.2) is 58.1 Å². The minimum atomic E-state index is -0.961. The standard InChI is InChI=1S/C20H19ClN4O3/c21-18-14-3-1-12(11-22)9-16(14)23-17-10-13(2-4-15(17)18)19(26)24-5-7-25(8-6-24)20(27)28/h2,4,10,12H,1,3,5-9H2,(H,27,28). The molecule has 2 amide bonds. The number of carbonyl (C=O) groups is 2. The molecule has 28 heavy (non-hydrogen) atoms. The van der Waals surface area contributed by atoms with Gasteiger partial charge in [0.1, 0.15) is 0 Å². The van der Waals surface area contributed by atoms with E-state index in [9.17, 15) is 14.9 Å². The van der Waals surface area contributed by atoms with Crippen LogP contribution in [0.2, 0.25) is 5.02 Å². The van der Waals surface area contributed by atoms with Gasteiger partial charge in [-0.2, -0.15) is 5.26 Å². The number of pyridine rings is 1. The number of benzene rings is 1. The van der Waals surface area contributed by atoms with Crippen molar-refractivity contribution in [2.75, 3.05) is 26.2 Å². The van der Waals surface area contributed by atoms with Gasteiger partial charge in [0.05, 0.1) is 22.5 Å². The van der Waals surface area contributed by atoms with Crippen molar-refractivity contribution in [2.24, 2.45) is 5.92 Å². The Balaban J connectivity index is 1.62. The Morgan fingerprint density at radius 3 is 2.61 bits per heavy atom. The maximum Gasteiger partial charge on any atom is 0.407 e. The van der Waals surface area contributed by atoms with Gasteiger partial charge in [-0.1, -0.05) is 17.7 Å². The Kier molecular flexibility index (Phi) is 4.82. The lowest BCUT2D eigenvalue weighted by atomic mass is 9.87. The maximum atomic E-state index is 12.8. The van der Waals surface area contributed by atoms with E-state index >= 15 is 0 Å². The number of aromatic nitrogens is 1. The number of fused-ring (bicyclic) bond motifs is 2. The van der Waals surface area contributed by atoms with E-state index in [0.29, 0.717) is 48.7 Å². The zero-order chi connectivity index (χ0) is 19.8. The Morgan fingerprint density at radius 2 is 1.93 bits per heavy atom. The molecule has 0 radical (unpaired) electrons. The molecule has 1 aromatic heterocycles. The molecule has 1 N–H and O–H groups in total. The van der Waals surface area contributed by atoms with Crippen molar-refractivity contribution >= 4 is 34.5 Å². The molecule has 1 atom stereocenters. The molecule has 1 aliphatic carbocycles. The van der Waals surface area contributed by atoms with E-state index in [2.05, 4.69) is 6.07 Å². The summed E-state index contributed by atoms with van der Waals surface area (Å²) in [6.07, 6.45) is 1.15. The molecule has 0 bridgehead atoms. The summed E-state index contributed by atoms with van der Waals surface area (Å²) in [4.78, 5) is 31.5. The minimum absolute atomic E-state index is 0.0520. The maximum absolute atomic E-state index is 12.8. The number of carbonyl (C=O) groups excluding carboxylic acids is 1. The molecule has 4 rings (SSSR count). The number of rotatable bonds is 1. The first kappa shape index (κ1) is 18.5. The van der Waals surface area contributed by atoms with Crippen LogP contribution in [0.15, 0.2) is 18.2 Å². The van der Waals surface area contributed by atoms with Crippen molar-refractivity contribution in [1.29, 1.82) is 5.26 Å². The van der Waals surface area contributed by atoms with E-state index in [0.717, 1.165) is 29.5 Å². The average molecular weight is 399 g/mol. The van der Waals surface area contributed by atoms with Gasteiger partial charge < -0.3 is 14.9 Å². The second-order valence-electron chi connectivity index (χ2n) is 7.21. The largest absolute Gasteiger partial charge is 0.465 e. The van der Waals surface area contributed by atoms with Gasteiger partial charge in [-0.3, -0.25) is 9.78 Å². The number of nitrogens with zero attached hydrogens (tertiary/aromatic N) is 4. The van der Waals surface area contributed by atoms with Crippen LogP contribution in [0.5, 0.6) is 0 Å². The molecular formula is C20H19ClN4O3. The molecule has 1 aromatic carbocycles. The van der Waals surface area contributed by atoms with Crippen molar-refractivity contribution < 1.29 is 14.7 Å². The predicted octanol–water partition coefficient (Wildman–Crippen LogP) is 2.95. The molecular weight excluding hydrogens is 380 g/mol. The summed E-state index contributed by atoms with van der Waals surface area (Å²) < 4.78 is 0. The quantitative estimate of drug-likeness (QED) is 0.796. The third-order valence-corrected chi connectivity index (χ3v) is 5.98. The Labute approximate surface area is 167 Å². The lowest BCUT2D eigenvalue weighted by Crippen LogP contribution is -2.50. The molecule has 2 heterocycles. The van der Waals surface area contributed by atoms with Crippen molar-refractivity contribution in [1.82, 2.24) is 14.8 Å². The van der Waals surface area contributed by atoms with Gasteiger partial charge in [-0.25, -0.2) is 4.79 Å². The number of hydrogen-bond acceptors (Lipinski definition) is 4. The molecule has 2 aromatic rings. The monoisotopic (exact) mass is 398 g/mol. The van der Waals surface area contributed by atoms with Crippen LogP contribution in [0.4, 0.5) is 4.79 Å². The predicted molar refractivity (Wildman–Crippen MR) is 103 cm³/mol. The third-order valence-electron chi connectivity index (χ3n) is 5.55. The third kappa shape index (κ3) is 3.25. The minimum Gasteiger partial charge on any atom is -0.465 e. The zero-order valence-electron chi connectivity index (χ0n) is 15.2. The first-order valence-electron chi connectivity index (χ1n) is 9.25. The Morgan fingerprint density at radius 1 is 1.21 bits per heavy atom. The Bertz CT molecular complexity index is 1010. The molecule has 1 fully saturated rings. The second-order valence-corrected chi connectivity index (χ2v) is 7.59. The van der Waals surface area contributed by atoms with E-state index in [1.54, 1.807) is 17.0 Å². The number of amides is 2. The topological polar surface area (TPSA) is 97.5 Å². The molecule has 1 unspecified atom stereocenters. The summed E-state index contributed by atoms with van der Waals surface area (Å²) in [6.45, 7) is 1.35. The van der Waals surface area contributed by atoms with Crippen LogP contribution in [-0.2, 0) is 12.8 Å². The first-order chi connectivity index (χ1) is 13.5. The Hall–Kier alpha value is -2.85. The molecule has 144 valence electrons. The van der Waals surface area contributed by atoms with Gasteiger partial charge in [-0.15, -0.1) is 0 Å². The van der Waals surface area contributed by atoms with Gasteiger partial charge in [0.2, 0.25) is 0 Å². The highest BCUT2D eigenvalue weighted by Crippen LogP contribution is 2.34. The van der Waals surface area contributed by atoms with Gasteiger partial charge >= 0.3 is 6.09 Å². The lowest BCUT2D eigenvalue weighted by molar-refractivity contribution is 0.0625. The average Bonchev–Trinajstić information content (AvgIpc) is 2.72. The van der Waals surface area contributed by atoms with Crippen molar-refractivity contribution in [3.05, 3.63) is 40.0 Å². The van der Waals surface area contributed by atoms with Crippen molar-refractivity contribution in [3.8, 4) is 6.07 Å². The van der Waals surface area contributed by atoms with Crippen LogP contribution in [0, 0.1) is 17.2 Å². The highest BCUT2D eigenvalue weighted by atomic mass is 35.5. The second kappa shape index (κ2) is 7.28. The van der Waals surface area contributed by atoms with Crippen molar-refractivity contribution in [2.45, 2.75) is 19.3 Å². The van der Waals surface area contributed by atoms with Gasteiger partial charge in [0.15, 0.2) is 0 Å². The van der Waals surface area contributed by atoms with E-state index in [1.165, 1.54) is 4.90 Å². The van der Waals surface area contributed by atoms with E-state index in [1.807, 2.05) is 6.07 Å². The molecule has 0 spiro atoms. The van der Waals surface area contributed by atoms with Crippen LogP contribution in [0.25, 0.3) is 10.9 Å². The number of hydrogen-bond donors (Lipinski definition) is 1. The normalized spacial score (nSPS) is 19.2. The number of carboxylic acid groups (broad SMARTS) is 1. The van der Waals surface area contributed by atoms with Gasteiger partial charge in [0.25, 0.3) is 5.91 Å². The number of piperazine rings is 1. The number of halogens is 1. The summed E-state index contributed by atoms with van der Waals surface area (Å²) in [5.74, 6) is -0.193. The van der Waals surface area contributed by atoms with Crippen LogP contribution < -0.4 is 0 Å². The zero-order valence-corrected chi connectivity index (χ0v) is 15.9. The summed E-state index contributed by atoms with van der Waals surface area (Å²) in [6, 6.07) is 7.61. The lowest BCUT2D eigenvalue weighted by Gasteiger charge is -2.33. The highest BCUT2D eigenvalue weighted by molar-refractivity contribution is 6.36. The molecule has 1 aliphatic heterocycles. The summed E-state index contributed by atoms with van der Waals surface area (Å²) in [7, 11) is 0. The number of nitriles is 1. The van der Waals surface area contributed by atoms with Crippen LogP contribution in [0.1, 0.15) is 28.0 Å². The fraction of sp³-hybridized carbons (Fsp3) is 0.400. The van der Waals surface area contributed by atoms with E-state index < -0.39 is 6.09 Å². The van der Waals surface area contributed by atoms with E-state index in [-0.39, 0.29) is 11.8 Å². The summed E-state index contributed by atoms with van der Waals surface area (Å²) in [5.41, 5.74) is 3.00. The smallest absolute Gasteiger partial charge is 0.407 e. The van der Waals surface area contributed by atoms with Crippen LogP contribution in [0.3, 0.4) is 0 Å². The SMILES string of the molecule is N#CC1CCc2c(nc3cc(C(=O)N4CCN(C(=O)O)CC4)ccc3c2Cl)C1. The highest BCUT2D eigenvalue weighted by Gasteiger charge is 2.26. The fourth-order valence-electron chi connectivity index (χ4n) is 3.92. The van der Waals surface area contributed by atoms with E-state index in [4.69, 9.17) is 21.7 Å².